The molecule has 2 aliphatic rings. The van der Waals surface area contributed by atoms with Crippen LogP contribution in [0.1, 0.15) is 24.8 Å². The Bertz CT molecular complexity index is 649. The van der Waals surface area contributed by atoms with E-state index in [1.54, 1.807) is 18.2 Å². The molecule has 0 radical (unpaired) electrons. The van der Waals surface area contributed by atoms with Gasteiger partial charge in [0.05, 0.1) is 18.1 Å². The molecular weight excluding hydrogens is 290 g/mol. The number of ether oxygens (including phenoxy) is 1. The lowest BCUT2D eigenvalue weighted by Gasteiger charge is -2.33. The first-order valence-corrected chi connectivity index (χ1v) is 8.65. The number of hydrogen-bond acceptors (Lipinski definition) is 4. The molecule has 1 aromatic rings. The van der Waals surface area contributed by atoms with Gasteiger partial charge in [-0.3, -0.25) is 4.79 Å². The molecule has 1 aliphatic carbocycles. The number of morpholine rings is 1. The van der Waals surface area contributed by atoms with Gasteiger partial charge in [-0.2, -0.15) is 4.31 Å². The first-order valence-electron chi connectivity index (χ1n) is 7.21. The number of nitrogens with zero attached hydrogens (tertiary/aromatic N) is 1. The summed E-state index contributed by atoms with van der Waals surface area (Å²) in [4.78, 5) is 11.7. The maximum Gasteiger partial charge on any atom is 0.243 e. The third-order valence-corrected chi connectivity index (χ3v) is 6.32. The van der Waals surface area contributed by atoms with Crippen molar-refractivity contribution in [2.24, 2.45) is 5.92 Å². The highest BCUT2D eigenvalue weighted by molar-refractivity contribution is 7.89. The van der Waals surface area contributed by atoms with Crippen LogP contribution in [0, 0.1) is 5.92 Å². The van der Waals surface area contributed by atoms with Crippen molar-refractivity contribution in [1.29, 1.82) is 0 Å². The number of carbonyl (C=O) groups is 1. The topological polar surface area (TPSA) is 63.7 Å². The molecule has 2 unspecified atom stereocenters. The molecule has 2 atom stereocenters. The lowest BCUT2D eigenvalue weighted by molar-refractivity contribution is -0.130. The van der Waals surface area contributed by atoms with Gasteiger partial charge in [0.2, 0.25) is 10.0 Å². The number of Topliss-reactive ketones (excluding diaryl/α,β-unsaturated/α-hetero) is 1. The van der Waals surface area contributed by atoms with Crippen molar-refractivity contribution in [3.8, 4) is 0 Å². The van der Waals surface area contributed by atoms with Gasteiger partial charge in [-0.25, -0.2) is 8.42 Å². The number of rotatable bonds is 3. The highest BCUT2D eigenvalue weighted by atomic mass is 32.2. The number of sulfonamides is 1. The van der Waals surface area contributed by atoms with Gasteiger partial charge in [0.1, 0.15) is 5.78 Å². The van der Waals surface area contributed by atoms with Gasteiger partial charge in [0.25, 0.3) is 0 Å². The number of benzene rings is 1. The van der Waals surface area contributed by atoms with Crippen LogP contribution in [-0.2, 0) is 19.6 Å². The average Bonchev–Trinajstić information content (AvgIpc) is 2.53. The largest absolute Gasteiger partial charge is 0.379 e. The van der Waals surface area contributed by atoms with Crippen LogP contribution in [0.3, 0.4) is 0 Å². The minimum absolute atomic E-state index is 0.00802. The van der Waals surface area contributed by atoms with Crippen LogP contribution in [-0.4, -0.2) is 44.8 Å². The SMILES string of the molecule is CC1C(=O)CC1c1cccc(S(=O)(=O)N2CCOCC2)c1. The second-order valence-corrected chi connectivity index (χ2v) is 7.59. The maximum atomic E-state index is 12.6. The molecule has 0 amide bonds. The lowest BCUT2D eigenvalue weighted by atomic mass is 9.70. The van der Waals surface area contributed by atoms with Crippen LogP contribution in [0.5, 0.6) is 0 Å². The second kappa shape index (κ2) is 5.51. The molecule has 0 N–H and O–H groups in total. The number of ketones is 1. The van der Waals surface area contributed by atoms with Gasteiger partial charge < -0.3 is 4.74 Å². The molecule has 6 heteroatoms. The third-order valence-electron chi connectivity index (χ3n) is 4.43. The van der Waals surface area contributed by atoms with Crippen LogP contribution in [0.25, 0.3) is 0 Å². The molecule has 1 heterocycles. The molecule has 1 aliphatic heterocycles. The Morgan fingerprint density at radius 3 is 2.57 bits per heavy atom. The summed E-state index contributed by atoms with van der Waals surface area (Å²) in [5.74, 6) is 0.394. The van der Waals surface area contributed by atoms with Crippen molar-refractivity contribution < 1.29 is 17.9 Å². The Hall–Kier alpha value is -1.24. The van der Waals surface area contributed by atoms with E-state index >= 15 is 0 Å². The molecule has 114 valence electrons. The Kier molecular flexibility index (Phi) is 3.86. The van der Waals surface area contributed by atoms with Crippen LogP contribution in [0.15, 0.2) is 29.2 Å². The van der Waals surface area contributed by atoms with E-state index in [1.807, 2.05) is 13.0 Å². The molecule has 1 aromatic carbocycles. The van der Waals surface area contributed by atoms with E-state index in [9.17, 15) is 13.2 Å². The van der Waals surface area contributed by atoms with Gasteiger partial charge in [-0.1, -0.05) is 19.1 Å². The van der Waals surface area contributed by atoms with Crippen molar-refractivity contribution in [2.45, 2.75) is 24.2 Å². The first-order chi connectivity index (χ1) is 10.00. The molecule has 0 aromatic heterocycles. The van der Waals surface area contributed by atoms with Crippen molar-refractivity contribution in [2.75, 3.05) is 26.3 Å². The van der Waals surface area contributed by atoms with E-state index in [2.05, 4.69) is 0 Å². The van der Waals surface area contributed by atoms with Gasteiger partial charge in [0.15, 0.2) is 0 Å². The van der Waals surface area contributed by atoms with Gasteiger partial charge in [-0.15, -0.1) is 0 Å². The van der Waals surface area contributed by atoms with E-state index in [-0.39, 0.29) is 17.6 Å². The summed E-state index contributed by atoms with van der Waals surface area (Å²) in [6.45, 7) is 3.57. The standard InChI is InChI=1S/C15H19NO4S/c1-11-14(10-15(11)17)12-3-2-4-13(9-12)21(18,19)16-5-7-20-8-6-16/h2-4,9,11,14H,5-8,10H2,1H3. The van der Waals surface area contributed by atoms with Crippen molar-refractivity contribution in [3.05, 3.63) is 29.8 Å². The monoisotopic (exact) mass is 309 g/mol. The molecule has 1 saturated carbocycles. The fourth-order valence-electron chi connectivity index (χ4n) is 2.89. The normalized spacial score (nSPS) is 27.4. The van der Waals surface area contributed by atoms with E-state index in [0.717, 1.165) is 5.56 Å². The van der Waals surface area contributed by atoms with Gasteiger partial charge in [0, 0.05) is 31.3 Å². The lowest BCUT2D eigenvalue weighted by Crippen LogP contribution is -2.40. The second-order valence-electron chi connectivity index (χ2n) is 5.65. The molecule has 5 nitrogen and oxygen atoms in total. The molecule has 1 saturated heterocycles. The highest BCUT2D eigenvalue weighted by Crippen LogP contribution is 2.39. The Morgan fingerprint density at radius 2 is 1.95 bits per heavy atom. The zero-order valence-electron chi connectivity index (χ0n) is 12.0. The summed E-state index contributed by atoms with van der Waals surface area (Å²) in [6.07, 6.45) is 0.516. The van der Waals surface area contributed by atoms with Crippen LogP contribution < -0.4 is 0 Å². The minimum atomic E-state index is -3.46. The van der Waals surface area contributed by atoms with Crippen LogP contribution >= 0.6 is 0 Å². The van der Waals surface area contributed by atoms with Gasteiger partial charge in [-0.05, 0) is 17.7 Å². The maximum absolute atomic E-state index is 12.6. The Labute approximate surface area is 124 Å². The van der Waals surface area contributed by atoms with E-state index in [0.29, 0.717) is 37.6 Å². The number of hydrogen-bond donors (Lipinski definition) is 0. The number of carbonyl (C=O) groups excluding carboxylic acids is 1. The summed E-state index contributed by atoms with van der Waals surface area (Å²) in [6, 6.07) is 7.02. The zero-order chi connectivity index (χ0) is 15.0. The summed E-state index contributed by atoms with van der Waals surface area (Å²) >= 11 is 0. The summed E-state index contributed by atoms with van der Waals surface area (Å²) in [5.41, 5.74) is 0.941. The third kappa shape index (κ3) is 2.63. The fraction of sp³-hybridized carbons (Fsp3) is 0.533. The van der Waals surface area contributed by atoms with Crippen LogP contribution in [0.2, 0.25) is 0 Å². The average molecular weight is 309 g/mol. The van der Waals surface area contributed by atoms with Crippen molar-refractivity contribution in [3.63, 3.8) is 0 Å². The van der Waals surface area contributed by atoms with Crippen molar-refractivity contribution >= 4 is 15.8 Å². The van der Waals surface area contributed by atoms with E-state index in [1.165, 1.54) is 4.31 Å². The predicted molar refractivity (Wildman–Crippen MR) is 77.5 cm³/mol. The molecule has 3 rings (SSSR count). The first kappa shape index (κ1) is 14.7. The minimum Gasteiger partial charge on any atom is -0.379 e. The smallest absolute Gasteiger partial charge is 0.243 e. The molecule has 21 heavy (non-hydrogen) atoms. The summed E-state index contributed by atoms with van der Waals surface area (Å²) < 4.78 is 31.9. The highest BCUT2D eigenvalue weighted by Gasteiger charge is 2.37. The van der Waals surface area contributed by atoms with Gasteiger partial charge >= 0.3 is 0 Å². The van der Waals surface area contributed by atoms with Crippen molar-refractivity contribution in [1.82, 2.24) is 4.31 Å². The fourth-order valence-corrected chi connectivity index (χ4v) is 4.35. The Morgan fingerprint density at radius 1 is 1.24 bits per heavy atom. The molecular formula is C15H19NO4S. The predicted octanol–water partition coefficient (Wildman–Crippen LogP) is 1.40. The summed E-state index contributed by atoms with van der Waals surface area (Å²) in [7, 11) is -3.46. The zero-order valence-corrected chi connectivity index (χ0v) is 12.8. The van der Waals surface area contributed by atoms with E-state index < -0.39 is 10.0 Å². The molecule has 2 fully saturated rings. The van der Waals surface area contributed by atoms with E-state index in [4.69, 9.17) is 4.74 Å². The molecule has 0 spiro atoms. The summed E-state index contributed by atoms with van der Waals surface area (Å²) in [5, 5.41) is 0. The Balaban J connectivity index is 1.87. The molecule has 0 bridgehead atoms. The van der Waals surface area contributed by atoms with Crippen LogP contribution in [0.4, 0.5) is 0 Å². The quantitative estimate of drug-likeness (QED) is 0.846.